The molecule has 1 aromatic rings. The highest BCUT2D eigenvalue weighted by molar-refractivity contribution is 5.79. The Hall–Kier alpha value is -1.71. The number of nitrogens with one attached hydrogen (secondary N) is 2. The fraction of sp³-hybridized carbons (Fsp3) is 0.562. The van der Waals surface area contributed by atoms with Crippen molar-refractivity contribution in [1.29, 1.82) is 0 Å². The lowest BCUT2D eigenvalue weighted by atomic mass is 10.1. The van der Waals surface area contributed by atoms with E-state index in [0.717, 1.165) is 36.8 Å². The van der Waals surface area contributed by atoms with Crippen molar-refractivity contribution in [2.45, 2.75) is 40.2 Å². The van der Waals surface area contributed by atoms with Crippen LogP contribution in [-0.2, 0) is 6.54 Å². The molecule has 0 amide bonds. The van der Waals surface area contributed by atoms with Gasteiger partial charge in [-0.2, -0.15) is 0 Å². The van der Waals surface area contributed by atoms with Gasteiger partial charge in [-0.25, -0.2) is 4.99 Å². The Balaban J connectivity index is 2.70. The van der Waals surface area contributed by atoms with Crippen LogP contribution in [0.4, 0.5) is 0 Å². The SMILES string of the molecule is CCCCNC(=NCc1ccc(C)cc1OC)NCC. The van der Waals surface area contributed by atoms with E-state index >= 15 is 0 Å². The third-order valence-corrected chi connectivity index (χ3v) is 3.02. The van der Waals surface area contributed by atoms with Crippen molar-refractivity contribution in [3.8, 4) is 5.75 Å². The van der Waals surface area contributed by atoms with E-state index in [0.29, 0.717) is 6.54 Å². The minimum absolute atomic E-state index is 0.616. The minimum Gasteiger partial charge on any atom is -0.496 e. The first-order valence-electron chi connectivity index (χ1n) is 7.37. The van der Waals surface area contributed by atoms with E-state index in [1.54, 1.807) is 7.11 Å². The minimum atomic E-state index is 0.616. The van der Waals surface area contributed by atoms with Crippen LogP contribution in [0.3, 0.4) is 0 Å². The summed E-state index contributed by atoms with van der Waals surface area (Å²) in [5.41, 5.74) is 2.30. The summed E-state index contributed by atoms with van der Waals surface area (Å²) in [5.74, 6) is 1.77. The average Bonchev–Trinajstić information content (AvgIpc) is 2.45. The first-order valence-corrected chi connectivity index (χ1v) is 7.37. The lowest BCUT2D eigenvalue weighted by Gasteiger charge is -2.12. The van der Waals surface area contributed by atoms with E-state index in [4.69, 9.17) is 4.74 Å². The van der Waals surface area contributed by atoms with Gasteiger partial charge in [0.15, 0.2) is 5.96 Å². The Morgan fingerprint density at radius 1 is 1.25 bits per heavy atom. The van der Waals surface area contributed by atoms with E-state index in [-0.39, 0.29) is 0 Å². The monoisotopic (exact) mass is 277 g/mol. The number of hydrogen-bond acceptors (Lipinski definition) is 2. The molecule has 0 unspecified atom stereocenters. The lowest BCUT2D eigenvalue weighted by molar-refractivity contribution is 0.409. The molecule has 0 heterocycles. The molecule has 0 spiro atoms. The second-order valence-electron chi connectivity index (χ2n) is 4.79. The number of methoxy groups -OCH3 is 1. The van der Waals surface area contributed by atoms with Crippen LogP contribution in [0.5, 0.6) is 5.75 Å². The van der Waals surface area contributed by atoms with Gasteiger partial charge < -0.3 is 15.4 Å². The first-order chi connectivity index (χ1) is 9.71. The molecular weight excluding hydrogens is 250 g/mol. The van der Waals surface area contributed by atoms with Crippen molar-refractivity contribution in [2.75, 3.05) is 20.2 Å². The van der Waals surface area contributed by atoms with E-state index < -0.39 is 0 Å². The van der Waals surface area contributed by atoms with Gasteiger partial charge >= 0.3 is 0 Å². The number of hydrogen-bond donors (Lipinski definition) is 2. The zero-order chi connectivity index (χ0) is 14.8. The summed E-state index contributed by atoms with van der Waals surface area (Å²) in [7, 11) is 1.70. The van der Waals surface area contributed by atoms with Crippen molar-refractivity contribution in [2.24, 2.45) is 4.99 Å². The second kappa shape index (κ2) is 9.23. The summed E-state index contributed by atoms with van der Waals surface area (Å²) in [6.45, 7) is 8.75. The van der Waals surface area contributed by atoms with Crippen molar-refractivity contribution in [1.82, 2.24) is 10.6 Å². The van der Waals surface area contributed by atoms with Gasteiger partial charge in [0.2, 0.25) is 0 Å². The molecule has 4 nitrogen and oxygen atoms in total. The van der Waals surface area contributed by atoms with Gasteiger partial charge in [-0.3, -0.25) is 0 Å². The van der Waals surface area contributed by atoms with Crippen LogP contribution in [0.25, 0.3) is 0 Å². The summed E-state index contributed by atoms with van der Waals surface area (Å²) in [4.78, 5) is 4.61. The van der Waals surface area contributed by atoms with Crippen LogP contribution in [-0.4, -0.2) is 26.2 Å². The van der Waals surface area contributed by atoms with Crippen molar-refractivity contribution < 1.29 is 4.74 Å². The highest BCUT2D eigenvalue weighted by atomic mass is 16.5. The van der Waals surface area contributed by atoms with Crippen LogP contribution in [0, 0.1) is 6.92 Å². The molecule has 1 rings (SSSR count). The normalized spacial score (nSPS) is 11.3. The molecule has 0 aliphatic carbocycles. The van der Waals surface area contributed by atoms with Crippen molar-refractivity contribution in [3.05, 3.63) is 29.3 Å². The number of benzene rings is 1. The molecule has 2 N–H and O–H groups in total. The van der Waals surface area contributed by atoms with E-state index in [1.165, 1.54) is 12.0 Å². The Morgan fingerprint density at radius 2 is 2.05 bits per heavy atom. The highest BCUT2D eigenvalue weighted by Crippen LogP contribution is 2.20. The molecule has 0 atom stereocenters. The fourth-order valence-corrected chi connectivity index (χ4v) is 1.87. The van der Waals surface area contributed by atoms with Crippen LogP contribution >= 0.6 is 0 Å². The van der Waals surface area contributed by atoms with Gasteiger partial charge in [0.25, 0.3) is 0 Å². The first kappa shape index (κ1) is 16.3. The molecule has 0 saturated carbocycles. The number of aryl methyl sites for hydroxylation is 1. The third kappa shape index (κ3) is 5.51. The van der Waals surface area contributed by atoms with E-state index in [1.807, 2.05) is 6.07 Å². The molecular formula is C16H27N3O. The van der Waals surface area contributed by atoms with Crippen molar-refractivity contribution >= 4 is 5.96 Å². The van der Waals surface area contributed by atoms with Gasteiger partial charge in [-0.1, -0.05) is 25.5 Å². The molecule has 1 aromatic carbocycles. The summed E-state index contributed by atoms with van der Waals surface area (Å²) in [5, 5.41) is 6.60. The van der Waals surface area contributed by atoms with Gasteiger partial charge in [-0.05, 0) is 31.9 Å². The Morgan fingerprint density at radius 3 is 2.70 bits per heavy atom. The molecule has 112 valence electrons. The van der Waals surface area contributed by atoms with Crippen LogP contribution in [0.2, 0.25) is 0 Å². The van der Waals surface area contributed by atoms with Gasteiger partial charge in [0.1, 0.15) is 5.75 Å². The Bertz CT molecular complexity index is 430. The fourth-order valence-electron chi connectivity index (χ4n) is 1.87. The lowest BCUT2D eigenvalue weighted by Crippen LogP contribution is -2.37. The van der Waals surface area contributed by atoms with E-state index in [2.05, 4.69) is 48.5 Å². The maximum absolute atomic E-state index is 5.41. The molecule has 20 heavy (non-hydrogen) atoms. The molecule has 4 heteroatoms. The molecule has 0 aliphatic rings. The maximum Gasteiger partial charge on any atom is 0.191 e. The largest absolute Gasteiger partial charge is 0.496 e. The molecule has 0 aromatic heterocycles. The van der Waals surface area contributed by atoms with Gasteiger partial charge in [-0.15, -0.1) is 0 Å². The summed E-state index contributed by atoms with van der Waals surface area (Å²) in [6.07, 6.45) is 2.33. The number of unbranched alkanes of at least 4 members (excludes halogenated alkanes) is 1. The predicted octanol–water partition coefficient (Wildman–Crippen LogP) is 2.86. The standard InChI is InChI=1S/C16H27N3O/c1-5-7-10-18-16(17-6-2)19-12-14-9-8-13(3)11-15(14)20-4/h8-9,11H,5-7,10,12H2,1-4H3,(H2,17,18,19). The van der Waals surface area contributed by atoms with Crippen LogP contribution < -0.4 is 15.4 Å². The number of aliphatic imine (C=N–C) groups is 1. The average molecular weight is 277 g/mol. The zero-order valence-corrected chi connectivity index (χ0v) is 13.1. The van der Waals surface area contributed by atoms with Crippen molar-refractivity contribution in [3.63, 3.8) is 0 Å². The topological polar surface area (TPSA) is 45.7 Å². The highest BCUT2D eigenvalue weighted by Gasteiger charge is 2.03. The quantitative estimate of drug-likeness (QED) is 0.457. The number of guanidine groups is 1. The summed E-state index contributed by atoms with van der Waals surface area (Å²) < 4.78 is 5.41. The predicted molar refractivity (Wildman–Crippen MR) is 85.5 cm³/mol. The number of ether oxygens (including phenoxy) is 1. The Kier molecular flexibility index (Phi) is 7.55. The molecule has 0 radical (unpaired) electrons. The molecule has 0 fully saturated rings. The zero-order valence-electron chi connectivity index (χ0n) is 13.1. The summed E-state index contributed by atoms with van der Waals surface area (Å²) >= 11 is 0. The Labute approximate surface area is 122 Å². The molecule has 0 aliphatic heterocycles. The van der Waals surface area contributed by atoms with Gasteiger partial charge in [0.05, 0.1) is 13.7 Å². The summed E-state index contributed by atoms with van der Waals surface area (Å²) in [6, 6.07) is 6.21. The van der Waals surface area contributed by atoms with Crippen LogP contribution in [0.1, 0.15) is 37.8 Å². The number of nitrogens with zero attached hydrogens (tertiary/aromatic N) is 1. The maximum atomic E-state index is 5.41. The molecule has 0 saturated heterocycles. The van der Waals surface area contributed by atoms with Crippen LogP contribution in [0.15, 0.2) is 23.2 Å². The van der Waals surface area contributed by atoms with Gasteiger partial charge in [0, 0.05) is 18.7 Å². The second-order valence-corrected chi connectivity index (χ2v) is 4.79. The third-order valence-electron chi connectivity index (χ3n) is 3.02. The smallest absolute Gasteiger partial charge is 0.191 e. The van der Waals surface area contributed by atoms with E-state index in [9.17, 15) is 0 Å². The molecule has 0 bridgehead atoms. The number of rotatable bonds is 7.